The molecule has 1 aromatic rings. The number of nitrogens with two attached hydrogens (primary N) is 1. The average Bonchev–Trinajstić information content (AvgIpc) is 2.28. The van der Waals surface area contributed by atoms with Crippen LogP contribution in [0.5, 0.6) is 0 Å². The summed E-state index contributed by atoms with van der Waals surface area (Å²) in [6.45, 7) is -0.0351. The van der Waals surface area contributed by atoms with Gasteiger partial charge in [-0.1, -0.05) is 0 Å². The number of benzene rings is 1. The minimum atomic E-state index is -0.668. The van der Waals surface area contributed by atoms with Gasteiger partial charge in [0.1, 0.15) is 12.4 Å². The standard InChI is InChI=1S/C12H15FN2O3/c1-15(2)11(16)5-6-18-12(17)9-4-3-8(13)7-10(9)14/h3-4,7H,5-6,14H2,1-2H3. The third kappa shape index (κ3) is 3.73. The SMILES string of the molecule is CN(C)C(=O)CCOC(=O)c1ccc(F)cc1N. The van der Waals surface area contributed by atoms with Crippen LogP contribution in [0.3, 0.4) is 0 Å². The van der Waals surface area contributed by atoms with E-state index in [2.05, 4.69) is 0 Å². The average molecular weight is 254 g/mol. The highest BCUT2D eigenvalue weighted by Gasteiger charge is 2.13. The molecule has 0 heterocycles. The molecule has 0 saturated carbocycles. The van der Waals surface area contributed by atoms with E-state index in [9.17, 15) is 14.0 Å². The topological polar surface area (TPSA) is 72.6 Å². The van der Waals surface area contributed by atoms with Gasteiger partial charge in [0.15, 0.2) is 0 Å². The molecule has 0 aromatic heterocycles. The number of rotatable bonds is 4. The van der Waals surface area contributed by atoms with Crippen molar-refractivity contribution >= 4 is 17.6 Å². The molecule has 0 fully saturated rings. The number of carbonyl (C=O) groups excluding carboxylic acids is 2. The van der Waals surface area contributed by atoms with Gasteiger partial charge < -0.3 is 15.4 Å². The molecule has 0 aliphatic rings. The third-order valence-electron chi connectivity index (χ3n) is 2.28. The van der Waals surface area contributed by atoms with Crippen LogP contribution in [-0.4, -0.2) is 37.5 Å². The first-order chi connectivity index (χ1) is 8.41. The number of hydrogen-bond acceptors (Lipinski definition) is 4. The molecule has 2 N–H and O–H groups in total. The van der Waals surface area contributed by atoms with Gasteiger partial charge in [-0.15, -0.1) is 0 Å². The molecule has 0 radical (unpaired) electrons. The number of anilines is 1. The number of halogens is 1. The van der Waals surface area contributed by atoms with Crippen LogP contribution in [-0.2, 0) is 9.53 Å². The minimum Gasteiger partial charge on any atom is -0.461 e. The summed E-state index contributed by atoms with van der Waals surface area (Å²) in [6, 6.07) is 3.42. The first-order valence-corrected chi connectivity index (χ1v) is 5.34. The van der Waals surface area contributed by atoms with E-state index in [1.165, 1.54) is 11.0 Å². The number of nitrogen functional groups attached to an aromatic ring is 1. The van der Waals surface area contributed by atoms with Gasteiger partial charge in [-0.05, 0) is 18.2 Å². The zero-order valence-electron chi connectivity index (χ0n) is 10.3. The van der Waals surface area contributed by atoms with Crippen molar-refractivity contribution in [2.75, 3.05) is 26.4 Å². The van der Waals surface area contributed by atoms with Crippen molar-refractivity contribution in [3.63, 3.8) is 0 Å². The Hall–Kier alpha value is -2.11. The quantitative estimate of drug-likeness (QED) is 0.643. The van der Waals surface area contributed by atoms with Gasteiger partial charge in [-0.25, -0.2) is 9.18 Å². The molecule has 6 heteroatoms. The van der Waals surface area contributed by atoms with E-state index < -0.39 is 11.8 Å². The van der Waals surface area contributed by atoms with Crippen molar-refractivity contribution in [1.29, 1.82) is 0 Å². The Morgan fingerprint density at radius 3 is 2.61 bits per heavy atom. The molecule has 0 aliphatic carbocycles. The van der Waals surface area contributed by atoms with Crippen LogP contribution in [0.2, 0.25) is 0 Å². The summed E-state index contributed by atoms with van der Waals surface area (Å²) in [6.07, 6.45) is 0.0971. The molecule has 1 aromatic carbocycles. The molecular formula is C12H15FN2O3. The lowest BCUT2D eigenvalue weighted by Crippen LogP contribution is -2.23. The first-order valence-electron chi connectivity index (χ1n) is 5.34. The predicted molar refractivity (Wildman–Crippen MR) is 64.4 cm³/mol. The van der Waals surface area contributed by atoms with Crippen molar-refractivity contribution in [2.45, 2.75) is 6.42 Å². The summed E-state index contributed by atoms with van der Waals surface area (Å²) in [5.41, 5.74) is 5.59. The zero-order valence-corrected chi connectivity index (χ0v) is 10.3. The maximum Gasteiger partial charge on any atom is 0.340 e. The zero-order chi connectivity index (χ0) is 13.7. The second-order valence-corrected chi connectivity index (χ2v) is 3.91. The van der Waals surface area contributed by atoms with Crippen LogP contribution in [0, 0.1) is 5.82 Å². The summed E-state index contributed by atoms with van der Waals surface area (Å²) >= 11 is 0. The van der Waals surface area contributed by atoms with Crippen molar-refractivity contribution in [3.8, 4) is 0 Å². The summed E-state index contributed by atoms with van der Waals surface area (Å²) in [5.74, 6) is -1.33. The molecule has 0 saturated heterocycles. The van der Waals surface area contributed by atoms with Gasteiger partial charge in [0, 0.05) is 19.8 Å². The summed E-state index contributed by atoms with van der Waals surface area (Å²) in [7, 11) is 3.23. The smallest absolute Gasteiger partial charge is 0.340 e. The van der Waals surface area contributed by atoms with Gasteiger partial charge in [-0.3, -0.25) is 4.79 Å². The molecule has 0 atom stereocenters. The maximum absolute atomic E-state index is 12.8. The van der Waals surface area contributed by atoms with E-state index in [4.69, 9.17) is 10.5 Å². The number of carbonyl (C=O) groups is 2. The fourth-order valence-corrected chi connectivity index (χ4v) is 1.25. The van der Waals surface area contributed by atoms with Crippen molar-refractivity contribution < 1.29 is 18.7 Å². The Kier molecular flexibility index (Phi) is 4.65. The van der Waals surface area contributed by atoms with Crippen molar-refractivity contribution in [1.82, 2.24) is 4.90 Å². The van der Waals surface area contributed by atoms with Gasteiger partial charge >= 0.3 is 5.97 Å². The number of hydrogen-bond donors (Lipinski definition) is 1. The number of esters is 1. The first kappa shape index (κ1) is 14.0. The van der Waals surface area contributed by atoms with E-state index in [1.54, 1.807) is 14.1 Å². The molecule has 18 heavy (non-hydrogen) atoms. The monoisotopic (exact) mass is 254 g/mol. The summed E-state index contributed by atoms with van der Waals surface area (Å²) < 4.78 is 17.7. The summed E-state index contributed by atoms with van der Waals surface area (Å²) in [4.78, 5) is 24.2. The normalized spacial score (nSPS) is 9.94. The second kappa shape index (κ2) is 6.00. The second-order valence-electron chi connectivity index (χ2n) is 3.91. The molecule has 0 bridgehead atoms. The highest BCUT2D eigenvalue weighted by Crippen LogP contribution is 2.14. The molecule has 1 rings (SSSR count). The Morgan fingerprint density at radius 1 is 1.39 bits per heavy atom. The van der Waals surface area contributed by atoms with Crippen molar-refractivity contribution in [2.24, 2.45) is 0 Å². The van der Waals surface area contributed by atoms with E-state index in [0.717, 1.165) is 12.1 Å². The molecule has 0 aliphatic heterocycles. The van der Waals surface area contributed by atoms with Gasteiger partial charge in [0.2, 0.25) is 5.91 Å². The predicted octanol–water partition coefficient (Wildman–Crippen LogP) is 1.04. The molecule has 0 unspecified atom stereocenters. The van der Waals surface area contributed by atoms with Crippen LogP contribution in [0.25, 0.3) is 0 Å². The van der Waals surface area contributed by atoms with E-state index >= 15 is 0 Å². The Bertz CT molecular complexity index is 461. The molecule has 5 nitrogen and oxygen atoms in total. The molecule has 1 amide bonds. The van der Waals surface area contributed by atoms with Crippen molar-refractivity contribution in [3.05, 3.63) is 29.6 Å². The lowest BCUT2D eigenvalue weighted by atomic mass is 10.2. The lowest BCUT2D eigenvalue weighted by Gasteiger charge is -2.10. The largest absolute Gasteiger partial charge is 0.461 e. The highest BCUT2D eigenvalue weighted by atomic mass is 19.1. The maximum atomic E-state index is 12.8. The molecule has 98 valence electrons. The fourth-order valence-electron chi connectivity index (χ4n) is 1.25. The number of nitrogens with zero attached hydrogens (tertiary/aromatic N) is 1. The fraction of sp³-hybridized carbons (Fsp3) is 0.333. The van der Waals surface area contributed by atoms with E-state index in [0.29, 0.717) is 0 Å². The molecule has 0 spiro atoms. The Morgan fingerprint density at radius 2 is 2.06 bits per heavy atom. The van der Waals surface area contributed by atoms with E-state index in [-0.39, 0.29) is 30.2 Å². The third-order valence-corrected chi connectivity index (χ3v) is 2.28. The van der Waals surface area contributed by atoms with Crippen LogP contribution in [0.1, 0.15) is 16.8 Å². The lowest BCUT2D eigenvalue weighted by molar-refractivity contribution is -0.129. The Balaban J connectivity index is 2.53. The van der Waals surface area contributed by atoms with Crippen LogP contribution in [0.15, 0.2) is 18.2 Å². The van der Waals surface area contributed by atoms with Gasteiger partial charge in [0.05, 0.1) is 12.0 Å². The minimum absolute atomic E-state index is 0.0129. The van der Waals surface area contributed by atoms with Gasteiger partial charge in [0.25, 0.3) is 0 Å². The highest BCUT2D eigenvalue weighted by molar-refractivity contribution is 5.95. The molecular weight excluding hydrogens is 239 g/mol. The Labute approximate surface area is 104 Å². The van der Waals surface area contributed by atoms with Gasteiger partial charge in [-0.2, -0.15) is 0 Å². The van der Waals surface area contributed by atoms with E-state index in [1.807, 2.05) is 0 Å². The summed E-state index contributed by atoms with van der Waals surface area (Å²) in [5, 5.41) is 0. The number of amides is 1. The van der Waals surface area contributed by atoms with Crippen LogP contribution >= 0.6 is 0 Å². The van der Waals surface area contributed by atoms with Crippen LogP contribution < -0.4 is 5.73 Å². The number of ether oxygens (including phenoxy) is 1. The van der Waals surface area contributed by atoms with Crippen LogP contribution in [0.4, 0.5) is 10.1 Å².